The molecule has 0 unspecified atom stereocenters. The van der Waals surface area contributed by atoms with Crippen LogP contribution in [0.1, 0.15) is 5.56 Å². The second kappa shape index (κ2) is 11.8. The van der Waals surface area contributed by atoms with Crippen LogP contribution in [-0.4, -0.2) is 83.8 Å². The van der Waals surface area contributed by atoms with E-state index in [0.29, 0.717) is 39.6 Å². The first-order valence-corrected chi connectivity index (χ1v) is 11.3. The average Bonchev–Trinajstić information content (AvgIpc) is 2.87. The lowest BCUT2D eigenvalue weighted by Crippen LogP contribution is -2.49. The molecule has 0 aromatic heterocycles. The molecule has 2 aromatic carbocycles. The Labute approximate surface area is 206 Å². The highest BCUT2D eigenvalue weighted by atomic mass is 32.1. The minimum atomic E-state index is 0.543. The number of methoxy groups -OCH3 is 6. The third kappa shape index (κ3) is 5.68. The molecule has 34 heavy (non-hydrogen) atoms. The van der Waals surface area contributed by atoms with Crippen LogP contribution in [0.3, 0.4) is 0 Å². The number of hydrogen-bond acceptors (Lipinski definition) is 8. The second-order valence-electron chi connectivity index (χ2n) is 7.64. The van der Waals surface area contributed by atoms with Gasteiger partial charge in [0.15, 0.2) is 28.1 Å². The van der Waals surface area contributed by atoms with E-state index in [1.54, 1.807) is 42.7 Å². The molecular weight excluding hydrogens is 458 g/mol. The normalized spacial score (nSPS) is 13.8. The Bertz CT molecular complexity index is 945. The zero-order valence-corrected chi connectivity index (χ0v) is 21.4. The smallest absolute Gasteiger partial charge is 0.203 e. The minimum Gasteiger partial charge on any atom is -0.493 e. The van der Waals surface area contributed by atoms with Crippen LogP contribution in [0, 0.1) is 0 Å². The largest absolute Gasteiger partial charge is 0.493 e. The van der Waals surface area contributed by atoms with Gasteiger partial charge in [0.2, 0.25) is 11.5 Å². The number of piperazine rings is 1. The molecule has 1 saturated heterocycles. The van der Waals surface area contributed by atoms with Crippen molar-refractivity contribution < 1.29 is 28.4 Å². The Kier molecular flexibility index (Phi) is 8.89. The molecule has 0 amide bonds. The fourth-order valence-electron chi connectivity index (χ4n) is 3.95. The Hall–Kier alpha value is -3.11. The fourth-order valence-corrected chi connectivity index (χ4v) is 4.25. The minimum absolute atomic E-state index is 0.543. The fraction of sp³-hybridized carbons (Fsp3) is 0.458. The molecule has 0 radical (unpaired) electrons. The van der Waals surface area contributed by atoms with Gasteiger partial charge in [0.05, 0.1) is 42.7 Å². The van der Waals surface area contributed by atoms with E-state index in [2.05, 4.69) is 15.1 Å². The molecule has 9 nitrogen and oxygen atoms in total. The van der Waals surface area contributed by atoms with Gasteiger partial charge in [0.1, 0.15) is 0 Å². The molecule has 186 valence electrons. The van der Waals surface area contributed by atoms with Crippen LogP contribution in [-0.2, 0) is 6.54 Å². The van der Waals surface area contributed by atoms with Crippen LogP contribution in [0.15, 0.2) is 24.3 Å². The van der Waals surface area contributed by atoms with Crippen LogP contribution in [0.5, 0.6) is 34.5 Å². The van der Waals surface area contributed by atoms with Crippen molar-refractivity contribution in [3.05, 3.63) is 29.8 Å². The summed E-state index contributed by atoms with van der Waals surface area (Å²) in [5.41, 5.74) is 1.88. The van der Waals surface area contributed by atoms with Crippen molar-refractivity contribution in [2.24, 2.45) is 0 Å². The zero-order chi connectivity index (χ0) is 24.7. The summed E-state index contributed by atoms with van der Waals surface area (Å²) in [6.45, 7) is 4.13. The van der Waals surface area contributed by atoms with Crippen LogP contribution < -0.4 is 33.7 Å². The Morgan fingerprint density at radius 2 is 1.15 bits per heavy atom. The SMILES string of the molecule is COc1cc(CN2CCN(C(=S)Nc3cc(OC)c(OC)c(OC)c3)CC2)cc(OC)c1OC. The topological polar surface area (TPSA) is 73.9 Å². The molecular formula is C24H33N3O6S. The lowest BCUT2D eigenvalue weighted by molar-refractivity contribution is 0.176. The molecule has 0 bridgehead atoms. The van der Waals surface area contributed by atoms with E-state index in [4.69, 9.17) is 40.6 Å². The zero-order valence-electron chi connectivity index (χ0n) is 20.6. The van der Waals surface area contributed by atoms with Gasteiger partial charge in [-0.2, -0.15) is 0 Å². The molecule has 0 atom stereocenters. The van der Waals surface area contributed by atoms with E-state index in [0.717, 1.165) is 44.0 Å². The molecule has 0 saturated carbocycles. The van der Waals surface area contributed by atoms with Crippen LogP contribution in [0.4, 0.5) is 5.69 Å². The summed E-state index contributed by atoms with van der Waals surface area (Å²) in [4.78, 5) is 4.53. The summed E-state index contributed by atoms with van der Waals surface area (Å²) in [6, 6.07) is 7.66. The second-order valence-corrected chi connectivity index (χ2v) is 8.03. The highest BCUT2D eigenvalue weighted by molar-refractivity contribution is 7.80. The van der Waals surface area contributed by atoms with Crippen LogP contribution >= 0.6 is 12.2 Å². The van der Waals surface area contributed by atoms with E-state index in [1.807, 2.05) is 24.3 Å². The Morgan fingerprint density at radius 3 is 1.56 bits per heavy atom. The third-order valence-corrected chi connectivity index (χ3v) is 6.07. The molecule has 2 aromatic rings. The maximum Gasteiger partial charge on any atom is 0.203 e. The monoisotopic (exact) mass is 491 g/mol. The van der Waals surface area contributed by atoms with Crippen LogP contribution in [0.2, 0.25) is 0 Å². The standard InChI is InChI=1S/C24H33N3O6S/c1-28-18-11-16(12-19(29-2)22(18)32-5)15-26-7-9-27(10-8-26)24(34)25-17-13-20(30-3)23(33-6)21(14-17)31-4/h11-14H,7-10,15H2,1-6H3,(H,25,34). The predicted molar refractivity (Wildman–Crippen MR) is 135 cm³/mol. The number of anilines is 1. The number of thiocarbonyl (C=S) groups is 1. The van der Waals surface area contributed by atoms with E-state index >= 15 is 0 Å². The molecule has 1 aliphatic heterocycles. The summed E-state index contributed by atoms with van der Waals surface area (Å²) in [6.07, 6.45) is 0. The van der Waals surface area contributed by atoms with Gasteiger partial charge in [-0.3, -0.25) is 4.90 Å². The molecule has 1 N–H and O–H groups in total. The molecule has 3 rings (SSSR count). The van der Waals surface area contributed by atoms with Gasteiger partial charge in [-0.25, -0.2) is 0 Å². The highest BCUT2D eigenvalue weighted by Gasteiger charge is 2.22. The number of nitrogens with one attached hydrogen (secondary N) is 1. The average molecular weight is 492 g/mol. The first kappa shape index (κ1) is 25.5. The van der Waals surface area contributed by atoms with Crippen molar-refractivity contribution in [3.8, 4) is 34.5 Å². The maximum atomic E-state index is 5.67. The van der Waals surface area contributed by atoms with Crippen molar-refractivity contribution in [1.82, 2.24) is 9.80 Å². The molecule has 0 aliphatic carbocycles. The molecule has 1 heterocycles. The molecule has 10 heteroatoms. The van der Waals surface area contributed by atoms with Gasteiger partial charge in [0.25, 0.3) is 0 Å². The molecule has 0 spiro atoms. The number of ether oxygens (including phenoxy) is 6. The maximum absolute atomic E-state index is 5.67. The van der Waals surface area contributed by atoms with Gasteiger partial charge >= 0.3 is 0 Å². The summed E-state index contributed by atoms with van der Waals surface area (Å²) in [5.74, 6) is 3.60. The van der Waals surface area contributed by atoms with Crippen molar-refractivity contribution >= 4 is 23.0 Å². The Balaban J connectivity index is 1.62. The molecule has 1 aliphatic rings. The number of benzene rings is 2. The number of nitrogens with zero attached hydrogens (tertiary/aromatic N) is 2. The number of rotatable bonds is 9. The van der Waals surface area contributed by atoms with E-state index in [-0.39, 0.29) is 0 Å². The first-order valence-electron chi connectivity index (χ1n) is 10.8. The van der Waals surface area contributed by atoms with E-state index in [1.165, 1.54) is 0 Å². The summed E-state index contributed by atoms with van der Waals surface area (Å²) < 4.78 is 32.6. The highest BCUT2D eigenvalue weighted by Crippen LogP contribution is 2.40. The van der Waals surface area contributed by atoms with Crippen molar-refractivity contribution in [2.75, 3.05) is 74.2 Å². The van der Waals surface area contributed by atoms with Gasteiger partial charge < -0.3 is 38.6 Å². The first-order chi connectivity index (χ1) is 16.5. The van der Waals surface area contributed by atoms with Gasteiger partial charge in [0, 0.05) is 50.5 Å². The van der Waals surface area contributed by atoms with Gasteiger partial charge in [-0.15, -0.1) is 0 Å². The Morgan fingerprint density at radius 1 is 0.706 bits per heavy atom. The van der Waals surface area contributed by atoms with Gasteiger partial charge in [-0.1, -0.05) is 0 Å². The van der Waals surface area contributed by atoms with Crippen LogP contribution in [0.25, 0.3) is 0 Å². The van der Waals surface area contributed by atoms with Crippen molar-refractivity contribution in [1.29, 1.82) is 0 Å². The van der Waals surface area contributed by atoms with Gasteiger partial charge in [-0.05, 0) is 29.9 Å². The lowest BCUT2D eigenvalue weighted by atomic mass is 10.1. The van der Waals surface area contributed by atoms with E-state index in [9.17, 15) is 0 Å². The third-order valence-electron chi connectivity index (χ3n) is 5.71. The molecule has 1 fully saturated rings. The quantitative estimate of drug-likeness (QED) is 0.529. The number of hydrogen-bond donors (Lipinski definition) is 1. The predicted octanol–water partition coefficient (Wildman–Crippen LogP) is 3.25. The van der Waals surface area contributed by atoms with Crippen molar-refractivity contribution in [2.45, 2.75) is 6.54 Å². The summed E-state index contributed by atoms with van der Waals surface area (Å²) >= 11 is 5.67. The van der Waals surface area contributed by atoms with Crippen molar-refractivity contribution in [3.63, 3.8) is 0 Å². The summed E-state index contributed by atoms with van der Waals surface area (Å²) in [7, 11) is 9.62. The summed E-state index contributed by atoms with van der Waals surface area (Å²) in [5, 5.41) is 3.95. The lowest BCUT2D eigenvalue weighted by Gasteiger charge is -2.36. The van der Waals surface area contributed by atoms with E-state index < -0.39 is 0 Å².